The van der Waals surface area contributed by atoms with E-state index in [4.69, 9.17) is 4.74 Å². The van der Waals surface area contributed by atoms with Crippen molar-refractivity contribution in [2.24, 2.45) is 7.05 Å². The molecule has 0 unspecified atom stereocenters. The van der Waals surface area contributed by atoms with Crippen molar-refractivity contribution in [3.05, 3.63) is 42.5 Å². The van der Waals surface area contributed by atoms with Crippen LogP contribution in [0, 0.1) is 0 Å². The standard InChI is InChI=1S/C15H18N6O/c1-20-13-5-3-2-4-11(13)18-15(20)8-16-12-9-22-10-14(12)21-7-6-17-19-21/h2-7,12,14,16H,8-10H2,1H3/t12-,14+/m0/s1. The molecule has 7 nitrogen and oxygen atoms in total. The van der Waals surface area contributed by atoms with Gasteiger partial charge in [-0.1, -0.05) is 17.3 Å². The van der Waals surface area contributed by atoms with Crippen LogP contribution in [0.25, 0.3) is 11.0 Å². The van der Waals surface area contributed by atoms with E-state index < -0.39 is 0 Å². The van der Waals surface area contributed by atoms with E-state index in [9.17, 15) is 0 Å². The Labute approximate surface area is 127 Å². The van der Waals surface area contributed by atoms with Gasteiger partial charge in [-0.2, -0.15) is 0 Å². The quantitative estimate of drug-likeness (QED) is 0.775. The maximum Gasteiger partial charge on any atom is 0.123 e. The van der Waals surface area contributed by atoms with Gasteiger partial charge in [-0.05, 0) is 12.1 Å². The number of ether oxygens (including phenoxy) is 1. The summed E-state index contributed by atoms with van der Waals surface area (Å²) < 4.78 is 9.58. The normalized spacial score (nSPS) is 21.7. The van der Waals surface area contributed by atoms with Gasteiger partial charge in [0.25, 0.3) is 0 Å². The fourth-order valence-electron chi connectivity index (χ4n) is 2.97. The summed E-state index contributed by atoms with van der Waals surface area (Å²) in [6, 6.07) is 8.56. The first kappa shape index (κ1) is 13.4. The molecule has 4 rings (SSSR count). The number of imidazole rings is 1. The number of hydrogen-bond acceptors (Lipinski definition) is 5. The highest BCUT2D eigenvalue weighted by molar-refractivity contribution is 5.75. The summed E-state index contributed by atoms with van der Waals surface area (Å²) in [7, 11) is 2.05. The molecular weight excluding hydrogens is 280 g/mol. The number of nitrogens with one attached hydrogen (secondary N) is 1. The molecule has 114 valence electrons. The molecule has 1 saturated heterocycles. The van der Waals surface area contributed by atoms with Gasteiger partial charge in [0, 0.05) is 13.2 Å². The molecule has 2 aromatic heterocycles. The summed E-state index contributed by atoms with van der Waals surface area (Å²) >= 11 is 0. The molecule has 2 atom stereocenters. The fourth-order valence-corrected chi connectivity index (χ4v) is 2.97. The summed E-state index contributed by atoms with van der Waals surface area (Å²) in [5, 5.41) is 11.5. The fraction of sp³-hybridized carbons (Fsp3) is 0.400. The molecule has 3 heterocycles. The van der Waals surface area contributed by atoms with Crippen LogP contribution >= 0.6 is 0 Å². The van der Waals surface area contributed by atoms with Crippen molar-refractivity contribution < 1.29 is 4.74 Å². The largest absolute Gasteiger partial charge is 0.377 e. The number of aromatic nitrogens is 5. The molecule has 22 heavy (non-hydrogen) atoms. The molecule has 1 N–H and O–H groups in total. The Morgan fingerprint density at radius 2 is 2.23 bits per heavy atom. The van der Waals surface area contributed by atoms with Gasteiger partial charge >= 0.3 is 0 Å². The van der Waals surface area contributed by atoms with E-state index in [1.54, 1.807) is 6.20 Å². The van der Waals surface area contributed by atoms with E-state index in [2.05, 4.69) is 31.2 Å². The van der Waals surface area contributed by atoms with Crippen molar-refractivity contribution in [2.75, 3.05) is 13.2 Å². The SMILES string of the molecule is Cn1c(CN[C@H]2COC[C@H]2n2ccnn2)nc2ccccc21. The van der Waals surface area contributed by atoms with Crippen LogP contribution in [0.2, 0.25) is 0 Å². The van der Waals surface area contributed by atoms with Gasteiger partial charge in [-0.3, -0.25) is 0 Å². The van der Waals surface area contributed by atoms with Crippen LogP contribution in [-0.2, 0) is 18.3 Å². The molecule has 0 bridgehead atoms. The Kier molecular flexibility index (Phi) is 3.36. The lowest BCUT2D eigenvalue weighted by Crippen LogP contribution is -2.37. The lowest BCUT2D eigenvalue weighted by Gasteiger charge is -2.18. The van der Waals surface area contributed by atoms with Crippen molar-refractivity contribution in [2.45, 2.75) is 18.6 Å². The molecule has 7 heteroatoms. The van der Waals surface area contributed by atoms with Gasteiger partial charge in [-0.15, -0.1) is 5.10 Å². The summed E-state index contributed by atoms with van der Waals surface area (Å²) in [6.07, 6.45) is 3.57. The lowest BCUT2D eigenvalue weighted by molar-refractivity contribution is 0.181. The van der Waals surface area contributed by atoms with E-state index in [0.717, 1.165) is 16.9 Å². The molecule has 1 aliphatic heterocycles. The third-order valence-electron chi connectivity index (χ3n) is 4.23. The van der Waals surface area contributed by atoms with Crippen molar-refractivity contribution >= 4 is 11.0 Å². The van der Waals surface area contributed by atoms with E-state index in [1.165, 1.54) is 0 Å². The maximum atomic E-state index is 5.59. The van der Waals surface area contributed by atoms with Crippen LogP contribution < -0.4 is 5.32 Å². The summed E-state index contributed by atoms with van der Waals surface area (Å²) in [4.78, 5) is 4.69. The number of aryl methyl sites for hydroxylation is 1. The number of hydrogen-bond donors (Lipinski definition) is 1. The van der Waals surface area contributed by atoms with Crippen LogP contribution in [0.1, 0.15) is 11.9 Å². The Hall–Kier alpha value is -2.25. The number of benzene rings is 1. The second-order valence-corrected chi connectivity index (χ2v) is 5.55. The van der Waals surface area contributed by atoms with Crippen molar-refractivity contribution in [1.29, 1.82) is 0 Å². The Morgan fingerprint density at radius 3 is 3.05 bits per heavy atom. The average molecular weight is 298 g/mol. The predicted octanol–water partition coefficient (Wildman–Crippen LogP) is 0.894. The molecule has 0 aliphatic carbocycles. The van der Waals surface area contributed by atoms with Crippen LogP contribution in [0.15, 0.2) is 36.7 Å². The zero-order valence-electron chi connectivity index (χ0n) is 12.4. The van der Waals surface area contributed by atoms with Gasteiger partial charge < -0.3 is 14.6 Å². The van der Waals surface area contributed by atoms with Crippen LogP contribution in [0.4, 0.5) is 0 Å². The molecule has 3 aromatic rings. The van der Waals surface area contributed by atoms with Crippen molar-refractivity contribution in [3.63, 3.8) is 0 Å². The van der Waals surface area contributed by atoms with Gasteiger partial charge in [0.15, 0.2) is 0 Å². The highest BCUT2D eigenvalue weighted by Gasteiger charge is 2.30. The smallest absolute Gasteiger partial charge is 0.123 e. The Morgan fingerprint density at radius 1 is 1.32 bits per heavy atom. The average Bonchev–Trinajstić information content (AvgIpc) is 3.25. The Balaban J connectivity index is 1.50. The lowest BCUT2D eigenvalue weighted by atomic mass is 10.2. The first-order chi connectivity index (χ1) is 10.8. The second-order valence-electron chi connectivity index (χ2n) is 5.55. The molecule has 1 aromatic carbocycles. The molecule has 1 fully saturated rings. The Bertz CT molecular complexity index is 766. The number of rotatable bonds is 4. The van der Waals surface area contributed by atoms with E-state index in [-0.39, 0.29) is 12.1 Å². The molecule has 0 spiro atoms. The highest BCUT2D eigenvalue weighted by atomic mass is 16.5. The predicted molar refractivity (Wildman–Crippen MR) is 81.2 cm³/mol. The topological polar surface area (TPSA) is 69.8 Å². The molecule has 1 aliphatic rings. The summed E-state index contributed by atoms with van der Waals surface area (Å²) in [5.74, 6) is 1.02. The zero-order valence-corrected chi connectivity index (χ0v) is 12.4. The first-order valence-electron chi connectivity index (χ1n) is 7.40. The molecule has 0 saturated carbocycles. The van der Waals surface area contributed by atoms with E-state index >= 15 is 0 Å². The maximum absolute atomic E-state index is 5.59. The van der Waals surface area contributed by atoms with Crippen LogP contribution in [-0.4, -0.2) is 43.8 Å². The minimum Gasteiger partial charge on any atom is -0.377 e. The third-order valence-corrected chi connectivity index (χ3v) is 4.23. The van der Waals surface area contributed by atoms with Gasteiger partial charge in [0.05, 0.1) is 49.1 Å². The molecular formula is C15H18N6O. The summed E-state index contributed by atoms with van der Waals surface area (Å²) in [5.41, 5.74) is 2.17. The van der Waals surface area contributed by atoms with Crippen molar-refractivity contribution in [3.8, 4) is 0 Å². The number of para-hydroxylation sites is 2. The van der Waals surface area contributed by atoms with Crippen molar-refractivity contribution in [1.82, 2.24) is 29.9 Å². The minimum atomic E-state index is 0.178. The second kappa shape index (κ2) is 5.51. The van der Waals surface area contributed by atoms with Gasteiger partial charge in [-0.25, -0.2) is 9.67 Å². The number of fused-ring (bicyclic) bond motifs is 1. The third kappa shape index (κ3) is 2.28. The number of nitrogens with zero attached hydrogens (tertiary/aromatic N) is 5. The van der Waals surface area contributed by atoms with Crippen LogP contribution in [0.5, 0.6) is 0 Å². The summed E-state index contributed by atoms with van der Waals surface area (Å²) in [6.45, 7) is 2.03. The highest BCUT2D eigenvalue weighted by Crippen LogP contribution is 2.19. The van der Waals surface area contributed by atoms with Gasteiger partial charge in [0.2, 0.25) is 0 Å². The minimum absolute atomic E-state index is 0.178. The zero-order chi connectivity index (χ0) is 14.9. The molecule has 0 amide bonds. The van der Waals surface area contributed by atoms with E-state index in [1.807, 2.05) is 36.1 Å². The first-order valence-corrected chi connectivity index (χ1v) is 7.40. The molecule has 0 radical (unpaired) electrons. The monoisotopic (exact) mass is 298 g/mol. The van der Waals surface area contributed by atoms with E-state index in [0.29, 0.717) is 19.8 Å². The van der Waals surface area contributed by atoms with Crippen LogP contribution in [0.3, 0.4) is 0 Å². The van der Waals surface area contributed by atoms with Gasteiger partial charge in [0.1, 0.15) is 5.82 Å².